The van der Waals surface area contributed by atoms with E-state index in [1.807, 2.05) is 0 Å². The number of primary sulfonamides is 1. The van der Waals surface area contributed by atoms with Crippen LogP contribution in [0.25, 0.3) is 0 Å². The van der Waals surface area contributed by atoms with Gasteiger partial charge in [-0.3, -0.25) is 9.59 Å². The molecule has 0 bridgehead atoms. The molecule has 198 valence electrons. The van der Waals surface area contributed by atoms with E-state index in [4.69, 9.17) is 15.6 Å². The van der Waals surface area contributed by atoms with Crippen LogP contribution in [-0.4, -0.2) is 69.4 Å². The van der Waals surface area contributed by atoms with E-state index < -0.39 is 39.4 Å². The Kier molecular flexibility index (Phi) is 9.71. The number of sulfonamides is 1. The molecule has 1 atom stereocenters. The van der Waals surface area contributed by atoms with Gasteiger partial charge in [0, 0.05) is 44.7 Å². The van der Waals surface area contributed by atoms with Crippen LogP contribution in [0, 0.1) is 17.5 Å². The van der Waals surface area contributed by atoms with Crippen molar-refractivity contribution in [3.8, 4) is 5.75 Å². The zero-order valence-corrected chi connectivity index (χ0v) is 20.9. The summed E-state index contributed by atoms with van der Waals surface area (Å²) in [5.74, 6) is -4.09. The molecular formula is C22H26ClF3N4O5S. The predicted octanol–water partition coefficient (Wildman–Crippen LogP) is 1.43. The lowest BCUT2D eigenvalue weighted by Gasteiger charge is -2.35. The molecule has 1 saturated heterocycles. The molecule has 2 amide bonds. The van der Waals surface area contributed by atoms with Crippen molar-refractivity contribution in [1.82, 2.24) is 9.80 Å². The fourth-order valence-corrected chi connectivity index (χ4v) is 4.33. The Hall–Kier alpha value is -2.87. The van der Waals surface area contributed by atoms with E-state index >= 15 is 0 Å². The summed E-state index contributed by atoms with van der Waals surface area (Å²) in [6.07, 6.45) is -0.315. The van der Waals surface area contributed by atoms with Crippen LogP contribution in [0.2, 0.25) is 0 Å². The second kappa shape index (κ2) is 11.9. The number of nitrogens with two attached hydrogens (primary N) is 2. The maximum Gasteiger partial charge on any atom is 0.257 e. The first-order chi connectivity index (χ1) is 16.4. The third-order valence-electron chi connectivity index (χ3n) is 5.66. The monoisotopic (exact) mass is 550 g/mol. The standard InChI is InChI=1S/C22H25F3N4O5S.ClH/c1-34-20-3-2-15(35(27,32)33)11-16(20)22(31)29-6-4-28(5-7-29)21(30)10-14(26)8-13-9-18(24)19(25)12-17(13)23;/h2-3,9,11-12,14H,4-8,10,26H2,1H3,(H2,27,32,33);1H/t14-;/m1./s1. The number of hydrogen-bond acceptors (Lipinski definition) is 6. The number of methoxy groups -OCH3 is 1. The Bertz CT molecular complexity index is 1240. The van der Waals surface area contributed by atoms with E-state index in [2.05, 4.69) is 0 Å². The van der Waals surface area contributed by atoms with Gasteiger partial charge in [0.05, 0.1) is 17.6 Å². The first-order valence-electron chi connectivity index (χ1n) is 10.6. The molecule has 2 aromatic carbocycles. The highest BCUT2D eigenvalue weighted by Crippen LogP contribution is 2.24. The number of halogens is 4. The number of hydrogen-bond donors (Lipinski definition) is 2. The van der Waals surface area contributed by atoms with Crippen molar-refractivity contribution >= 4 is 34.2 Å². The fourth-order valence-electron chi connectivity index (χ4n) is 3.79. The van der Waals surface area contributed by atoms with Crippen molar-refractivity contribution < 1.29 is 35.9 Å². The van der Waals surface area contributed by atoms with Gasteiger partial charge in [-0.1, -0.05) is 0 Å². The van der Waals surface area contributed by atoms with Crippen molar-refractivity contribution in [3.63, 3.8) is 0 Å². The van der Waals surface area contributed by atoms with Crippen molar-refractivity contribution in [2.45, 2.75) is 23.8 Å². The topological polar surface area (TPSA) is 136 Å². The molecule has 4 N–H and O–H groups in total. The first-order valence-corrected chi connectivity index (χ1v) is 12.1. The molecule has 0 radical (unpaired) electrons. The lowest BCUT2D eigenvalue weighted by molar-refractivity contribution is -0.133. The van der Waals surface area contributed by atoms with Gasteiger partial charge < -0.3 is 20.3 Å². The summed E-state index contributed by atoms with van der Waals surface area (Å²) in [6, 6.07) is 4.04. The highest BCUT2D eigenvalue weighted by molar-refractivity contribution is 7.89. The smallest absolute Gasteiger partial charge is 0.257 e. The van der Waals surface area contributed by atoms with Gasteiger partial charge in [0.15, 0.2) is 11.6 Å². The van der Waals surface area contributed by atoms with Crippen LogP contribution in [0.1, 0.15) is 22.3 Å². The van der Waals surface area contributed by atoms with Crippen LogP contribution < -0.4 is 15.6 Å². The van der Waals surface area contributed by atoms with Gasteiger partial charge in [0.1, 0.15) is 11.6 Å². The molecule has 0 aliphatic carbocycles. The largest absolute Gasteiger partial charge is 0.496 e. The number of ether oxygens (including phenoxy) is 1. The Balaban J connectivity index is 0.00000456. The molecule has 0 spiro atoms. The van der Waals surface area contributed by atoms with Gasteiger partial charge >= 0.3 is 0 Å². The number of amides is 2. The number of benzene rings is 2. The normalized spacial score (nSPS) is 14.7. The Labute approximate surface area is 212 Å². The summed E-state index contributed by atoms with van der Waals surface area (Å²) < 4.78 is 68.8. The molecule has 14 heteroatoms. The summed E-state index contributed by atoms with van der Waals surface area (Å²) >= 11 is 0. The van der Waals surface area contributed by atoms with Crippen molar-refractivity contribution in [2.24, 2.45) is 10.9 Å². The highest BCUT2D eigenvalue weighted by atomic mass is 35.5. The van der Waals surface area contributed by atoms with Crippen molar-refractivity contribution in [2.75, 3.05) is 33.3 Å². The lowest BCUT2D eigenvalue weighted by Crippen LogP contribution is -2.51. The quantitative estimate of drug-likeness (QED) is 0.501. The van der Waals surface area contributed by atoms with Crippen LogP contribution in [0.5, 0.6) is 5.75 Å². The molecule has 3 rings (SSSR count). The Morgan fingerprint density at radius 1 is 1.00 bits per heavy atom. The molecule has 2 aromatic rings. The third kappa shape index (κ3) is 6.87. The second-order valence-electron chi connectivity index (χ2n) is 8.11. The number of carbonyl (C=O) groups is 2. The molecule has 0 aromatic heterocycles. The van der Waals surface area contributed by atoms with Gasteiger partial charge in [-0.15, -0.1) is 12.4 Å². The zero-order chi connectivity index (χ0) is 25.9. The van der Waals surface area contributed by atoms with Crippen molar-refractivity contribution in [1.29, 1.82) is 0 Å². The molecule has 1 heterocycles. The van der Waals surface area contributed by atoms with E-state index in [0.717, 1.165) is 12.1 Å². The predicted molar refractivity (Wildman–Crippen MR) is 127 cm³/mol. The number of rotatable bonds is 7. The van der Waals surface area contributed by atoms with Crippen LogP contribution in [0.15, 0.2) is 35.2 Å². The van der Waals surface area contributed by atoms with Gasteiger partial charge in [-0.2, -0.15) is 0 Å². The van der Waals surface area contributed by atoms with Crippen LogP contribution in [0.4, 0.5) is 13.2 Å². The summed E-state index contributed by atoms with van der Waals surface area (Å²) in [5.41, 5.74) is 5.83. The first kappa shape index (κ1) is 29.4. The molecule has 1 aliphatic heterocycles. The lowest BCUT2D eigenvalue weighted by atomic mass is 10.0. The van der Waals surface area contributed by atoms with E-state index in [9.17, 15) is 31.2 Å². The maximum absolute atomic E-state index is 13.8. The van der Waals surface area contributed by atoms with Crippen LogP contribution in [-0.2, 0) is 21.2 Å². The van der Waals surface area contributed by atoms with Crippen LogP contribution >= 0.6 is 12.4 Å². The minimum absolute atomic E-state index is 0. The van der Waals surface area contributed by atoms with E-state index in [0.29, 0.717) is 6.07 Å². The van der Waals surface area contributed by atoms with Gasteiger partial charge in [0.2, 0.25) is 15.9 Å². The molecule has 1 aliphatic rings. The van der Waals surface area contributed by atoms with Gasteiger partial charge in [-0.05, 0) is 36.2 Å². The fraction of sp³-hybridized carbons (Fsp3) is 0.364. The Morgan fingerprint density at radius 2 is 1.58 bits per heavy atom. The summed E-state index contributed by atoms with van der Waals surface area (Å²) in [5, 5.41) is 5.15. The minimum Gasteiger partial charge on any atom is -0.496 e. The molecule has 9 nitrogen and oxygen atoms in total. The van der Waals surface area contributed by atoms with Crippen LogP contribution in [0.3, 0.4) is 0 Å². The molecule has 36 heavy (non-hydrogen) atoms. The SMILES string of the molecule is COc1ccc(S(N)(=O)=O)cc1C(=O)N1CCN(C(=O)C[C@H](N)Cc2cc(F)c(F)cc2F)CC1.Cl. The zero-order valence-electron chi connectivity index (χ0n) is 19.2. The Morgan fingerprint density at radius 3 is 2.17 bits per heavy atom. The van der Waals surface area contributed by atoms with Gasteiger partial charge in [-0.25, -0.2) is 26.7 Å². The second-order valence-corrected chi connectivity index (χ2v) is 9.67. The summed E-state index contributed by atoms with van der Waals surface area (Å²) in [6.45, 7) is 0.711. The summed E-state index contributed by atoms with van der Waals surface area (Å²) in [4.78, 5) is 28.3. The average Bonchev–Trinajstić information content (AvgIpc) is 2.81. The van der Waals surface area contributed by atoms with E-state index in [-0.39, 0.29) is 79.1 Å². The molecular weight excluding hydrogens is 525 g/mol. The molecule has 1 fully saturated rings. The number of nitrogens with zero attached hydrogens (tertiary/aromatic N) is 2. The third-order valence-corrected chi connectivity index (χ3v) is 6.57. The average molecular weight is 551 g/mol. The number of piperazine rings is 1. The minimum atomic E-state index is -4.03. The summed E-state index contributed by atoms with van der Waals surface area (Å²) in [7, 11) is -2.69. The molecule has 0 unspecified atom stereocenters. The maximum atomic E-state index is 13.8. The van der Waals surface area contributed by atoms with Gasteiger partial charge in [0.25, 0.3) is 5.91 Å². The van der Waals surface area contributed by atoms with E-state index in [1.165, 1.54) is 29.0 Å². The van der Waals surface area contributed by atoms with Crippen molar-refractivity contribution in [3.05, 3.63) is 58.9 Å². The van der Waals surface area contributed by atoms with E-state index in [1.54, 1.807) is 0 Å². The molecule has 0 saturated carbocycles. The highest BCUT2D eigenvalue weighted by Gasteiger charge is 2.28. The number of carbonyl (C=O) groups excluding carboxylic acids is 2.